The third kappa shape index (κ3) is 1.80. The highest BCUT2D eigenvalue weighted by molar-refractivity contribution is 6.03. The fraction of sp³-hybridized carbons (Fsp3) is 0.308. The maximum absolute atomic E-state index is 4.87. The monoisotopic (exact) mass is 201 g/mol. The van der Waals surface area contributed by atoms with E-state index in [4.69, 9.17) is 4.84 Å². The molecule has 15 heavy (non-hydrogen) atoms. The van der Waals surface area contributed by atoms with E-state index in [1.165, 1.54) is 16.7 Å². The topological polar surface area (TPSA) is 21.6 Å². The summed E-state index contributed by atoms with van der Waals surface area (Å²) in [6, 6.07) is 6.26. The zero-order valence-electron chi connectivity index (χ0n) is 8.99. The van der Waals surface area contributed by atoms with E-state index >= 15 is 0 Å². The quantitative estimate of drug-likeness (QED) is 0.674. The second-order valence-electron chi connectivity index (χ2n) is 3.65. The second kappa shape index (κ2) is 4.30. The molecule has 1 aliphatic rings. The lowest BCUT2D eigenvalue weighted by molar-refractivity contribution is 0.212. The number of rotatable bonds is 2. The molecule has 0 N–H and O–H groups in total. The van der Waals surface area contributed by atoms with Crippen LogP contribution in [0.2, 0.25) is 0 Å². The Morgan fingerprint density at radius 2 is 2.27 bits per heavy atom. The lowest BCUT2D eigenvalue weighted by atomic mass is 9.87. The molecule has 0 unspecified atom stereocenters. The van der Waals surface area contributed by atoms with E-state index in [1.807, 2.05) is 12.1 Å². The van der Waals surface area contributed by atoms with E-state index < -0.39 is 0 Å². The molecule has 0 atom stereocenters. The van der Waals surface area contributed by atoms with Gasteiger partial charge in [-0.2, -0.15) is 0 Å². The van der Waals surface area contributed by atoms with Crippen LogP contribution < -0.4 is 0 Å². The number of hydrogen-bond acceptors (Lipinski definition) is 2. The fourth-order valence-corrected chi connectivity index (χ4v) is 2.12. The Bertz CT molecular complexity index is 407. The standard InChI is InChI=1S/C13H15NO/c1-3-10-6-4-8-12-11(10)7-5-9-13(12)14-15-2/h3-4,6,8H,1,5,7,9H2,2H3. The van der Waals surface area contributed by atoms with Crippen molar-refractivity contribution >= 4 is 11.8 Å². The number of fused-ring (bicyclic) bond motifs is 1. The van der Waals surface area contributed by atoms with Crippen molar-refractivity contribution in [1.29, 1.82) is 0 Å². The van der Waals surface area contributed by atoms with Gasteiger partial charge in [0.05, 0.1) is 5.71 Å². The van der Waals surface area contributed by atoms with Crippen molar-refractivity contribution < 1.29 is 4.84 Å². The summed E-state index contributed by atoms with van der Waals surface area (Å²) in [7, 11) is 1.60. The van der Waals surface area contributed by atoms with Gasteiger partial charge in [-0.3, -0.25) is 0 Å². The SMILES string of the molecule is C=Cc1cccc2c1CCCC2=NOC. The van der Waals surface area contributed by atoms with Gasteiger partial charge in [0.2, 0.25) is 0 Å². The molecule has 1 aromatic rings. The minimum Gasteiger partial charge on any atom is -0.399 e. The van der Waals surface area contributed by atoms with Crippen LogP contribution in [-0.4, -0.2) is 12.8 Å². The normalized spacial score (nSPS) is 17.3. The average Bonchev–Trinajstić information content (AvgIpc) is 2.29. The summed E-state index contributed by atoms with van der Waals surface area (Å²) in [5, 5.41) is 4.08. The molecule has 0 amide bonds. The molecule has 0 spiro atoms. The Morgan fingerprint density at radius 3 is 3.00 bits per heavy atom. The smallest absolute Gasteiger partial charge is 0.106 e. The molecule has 0 saturated heterocycles. The van der Waals surface area contributed by atoms with Crippen molar-refractivity contribution in [2.24, 2.45) is 5.16 Å². The highest BCUT2D eigenvalue weighted by Gasteiger charge is 2.17. The van der Waals surface area contributed by atoms with Crippen LogP contribution in [-0.2, 0) is 11.3 Å². The molecule has 2 heteroatoms. The summed E-state index contributed by atoms with van der Waals surface area (Å²) < 4.78 is 0. The zero-order valence-corrected chi connectivity index (χ0v) is 8.99. The van der Waals surface area contributed by atoms with Gasteiger partial charge in [0.25, 0.3) is 0 Å². The summed E-state index contributed by atoms with van der Waals surface area (Å²) in [4.78, 5) is 4.87. The van der Waals surface area contributed by atoms with Gasteiger partial charge in [0, 0.05) is 5.56 Å². The first-order valence-corrected chi connectivity index (χ1v) is 5.21. The van der Waals surface area contributed by atoms with Crippen molar-refractivity contribution in [2.45, 2.75) is 19.3 Å². The molecular formula is C13H15NO. The maximum Gasteiger partial charge on any atom is 0.106 e. The summed E-state index contributed by atoms with van der Waals surface area (Å²) in [5.41, 5.74) is 4.86. The first kappa shape index (κ1) is 9.97. The molecule has 1 aromatic carbocycles. The van der Waals surface area contributed by atoms with Crippen LogP contribution in [0.4, 0.5) is 0 Å². The Morgan fingerprint density at radius 1 is 1.40 bits per heavy atom. The van der Waals surface area contributed by atoms with E-state index in [0.29, 0.717) is 0 Å². The number of oxime groups is 1. The maximum atomic E-state index is 4.87. The summed E-state index contributed by atoms with van der Waals surface area (Å²) in [6.07, 6.45) is 5.16. The average molecular weight is 201 g/mol. The van der Waals surface area contributed by atoms with Crippen molar-refractivity contribution in [3.8, 4) is 0 Å². The van der Waals surface area contributed by atoms with Crippen molar-refractivity contribution in [2.75, 3.05) is 7.11 Å². The van der Waals surface area contributed by atoms with E-state index in [0.717, 1.165) is 25.0 Å². The van der Waals surface area contributed by atoms with Crippen LogP contribution in [0, 0.1) is 0 Å². The van der Waals surface area contributed by atoms with Crippen LogP contribution >= 0.6 is 0 Å². The summed E-state index contributed by atoms with van der Waals surface area (Å²) in [5.74, 6) is 0. The van der Waals surface area contributed by atoms with Gasteiger partial charge >= 0.3 is 0 Å². The van der Waals surface area contributed by atoms with Crippen molar-refractivity contribution in [3.05, 3.63) is 41.5 Å². The molecule has 0 aliphatic heterocycles. The molecule has 2 nitrogen and oxygen atoms in total. The highest BCUT2D eigenvalue weighted by Crippen LogP contribution is 2.25. The van der Waals surface area contributed by atoms with E-state index in [-0.39, 0.29) is 0 Å². The molecular weight excluding hydrogens is 186 g/mol. The molecule has 0 heterocycles. The van der Waals surface area contributed by atoms with Gasteiger partial charge in [-0.15, -0.1) is 0 Å². The third-order valence-electron chi connectivity index (χ3n) is 2.78. The molecule has 0 fully saturated rings. The van der Waals surface area contributed by atoms with Crippen LogP contribution in [0.5, 0.6) is 0 Å². The Hall–Kier alpha value is -1.57. The number of benzene rings is 1. The molecule has 2 rings (SSSR count). The van der Waals surface area contributed by atoms with Crippen molar-refractivity contribution in [1.82, 2.24) is 0 Å². The molecule has 0 saturated carbocycles. The molecule has 1 aliphatic carbocycles. The molecule has 0 aromatic heterocycles. The van der Waals surface area contributed by atoms with Gasteiger partial charge in [0.15, 0.2) is 0 Å². The summed E-state index contributed by atoms with van der Waals surface area (Å²) >= 11 is 0. The minimum atomic E-state index is 1.00. The van der Waals surface area contributed by atoms with E-state index in [1.54, 1.807) is 7.11 Å². The van der Waals surface area contributed by atoms with Gasteiger partial charge in [-0.05, 0) is 30.4 Å². The largest absolute Gasteiger partial charge is 0.399 e. The molecule has 78 valence electrons. The van der Waals surface area contributed by atoms with Crippen LogP contribution in [0.3, 0.4) is 0 Å². The van der Waals surface area contributed by atoms with Crippen LogP contribution in [0.15, 0.2) is 29.9 Å². The van der Waals surface area contributed by atoms with Crippen molar-refractivity contribution in [3.63, 3.8) is 0 Å². The predicted molar refractivity (Wildman–Crippen MR) is 63.0 cm³/mol. The number of nitrogens with zero attached hydrogens (tertiary/aromatic N) is 1. The van der Waals surface area contributed by atoms with E-state index in [2.05, 4.69) is 23.9 Å². The first-order valence-electron chi connectivity index (χ1n) is 5.21. The predicted octanol–water partition coefficient (Wildman–Crippen LogP) is 3.02. The number of hydrogen-bond donors (Lipinski definition) is 0. The highest BCUT2D eigenvalue weighted by atomic mass is 16.6. The molecule has 0 bridgehead atoms. The van der Waals surface area contributed by atoms with Gasteiger partial charge in [0.1, 0.15) is 7.11 Å². The van der Waals surface area contributed by atoms with Gasteiger partial charge in [-0.1, -0.05) is 36.0 Å². The van der Waals surface area contributed by atoms with Crippen LogP contribution in [0.25, 0.3) is 6.08 Å². The molecule has 0 radical (unpaired) electrons. The summed E-state index contributed by atoms with van der Waals surface area (Å²) in [6.45, 7) is 3.84. The Kier molecular flexibility index (Phi) is 2.86. The van der Waals surface area contributed by atoms with E-state index in [9.17, 15) is 0 Å². The van der Waals surface area contributed by atoms with Gasteiger partial charge < -0.3 is 4.84 Å². The van der Waals surface area contributed by atoms with Crippen LogP contribution in [0.1, 0.15) is 29.5 Å². The lowest BCUT2D eigenvalue weighted by Gasteiger charge is -2.19. The first-order chi connectivity index (χ1) is 7.36. The van der Waals surface area contributed by atoms with Gasteiger partial charge in [-0.25, -0.2) is 0 Å². The zero-order chi connectivity index (χ0) is 10.7. The second-order valence-corrected chi connectivity index (χ2v) is 3.65. The Labute approximate surface area is 90.3 Å². The lowest BCUT2D eigenvalue weighted by Crippen LogP contribution is -2.13. The Balaban J connectivity index is 2.53. The fourth-order valence-electron chi connectivity index (χ4n) is 2.12. The third-order valence-corrected chi connectivity index (χ3v) is 2.78. The minimum absolute atomic E-state index is 1.00.